The van der Waals surface area contributed by atoms with E-state index in [1.165, 1.54) is 17.3 Å². The Labute approximate surface area is 116 Å². The number of rotatable bonds is 1. The van der Waals surface area contributed by atoms with E-state index in [1.807, 2.05) is 18.2 Å². The van der Waals surface area contributed by atoms with Gasteiger partial charge in [-0.1, -0.05) is 52.8 Å². The van der Waals surface area contributed by atoms with Gasteiger partial charge in [-0.15, -0.1) is 0 Å². The van der Waals surface area contributed by atoms with Crippen molar-refractivity contribution in [2.45, 2.75) is 6.92 Å². The van der Waals surface area contributed by atoms with E-state index in [0.29, 0.717) is 5.04 Å². The molecule has 0 spiro atoms. The third kappa shape index (κ3) is 2.19. The first-order chi connectivity index (χ1) is 9.29. The van der Waals surface area contributed by atoms with Crippen molar-refractivity contribution in [2.24, 2.45) is 5.16 Å². The standard InChI is InChI=1S/C15H14N2OS/c1-11-6-8-12(9-7-11)17-10-19-15(16-18)13-4-2-3-5-14(13)17/h2-9,18H,10H2,1H3/b16-15+. The van der Waals surface area contributed by atoms with Crippen molar-refractivity contribution in [1.82, 2.24) is 0 Å². The summed E-state index contributed by atoms with van der Waals surface area (Å²) >= 11 is 1.54. The lowest BCUT2D eigenvalue weighted by molar-refractivity contribution is 0.321. The topological polar surface area (TPSA) is 35.8 Å². The van der Waals surface area contributed by atoms with Gasteiger partial charge in [0, 0.05) is 11.3 Å². The maximum absolute atomic E-state index is 9.08. The summed E-state index contributed by atoms with van der Waals surface area (Å²) in [5.41, 5.74) is 4.46. The summed E-state index contributed by atoms with van der Waals surface area (Å²) in [6.45, 7) is 2.08. The van der Waals surface area contributed by atoms with E-state index in [-0.39, 0.29) is 0 Å². The second kappa shape index (κ2) is 4.97. The summed E-state index contributed by atoms with van der Waals surface area (Å²) in [6.07, 6.45) is 0. The number of hydrogen-bond acceptors (Lipinski definition) is 4. The summed E-state index contributed by atoms with van der Waals surface area (Å²) in [4.78, 5) is 2.23. The highest BCUT2D eigenvalue weighted by Crippen LogP contribution is 2.37. The first-order valence-electron chi connectivity index (χ1n) is 6.08. The van der Waals surface area contributed by atoms with Gasteiger partial charge in [0.2, 0.25) is 0 Å². The lowest BCUT2D eigenvalue weighted by Crippen LogP contribution is -2.24. The predicted octanol–water partition coefficient (Wildman–Crippen LogP) is 3.97. The molecule has 0 bridgehead atoms. The number of fused-ring (bicyclic) bond motifs is 1. The molecule has 3 rings (SSSR count). The van der Waals surface area contributed by atoms with E-state index in [2.05, 4.69) is 47.3 Å². The largest absolute Gasteiger partial charge is 0.410 e. The molecule has 1 aliphatic rings. The molecule has 0 fully saturated rings. The van der Waals surface area contributed by atoms with E-state index < -0.39 is 0 Å². The van der Waals surface area contributed by atoms with Gasteiger partial charge in [0.05, 0.1) is 11.6 Å². The van der Waals surface area contributed by atoms with Crippen LogP contribution in [-0.4, -0.2) is 16.1 Å². The van der Waals surface area contributed by atoms with Crippen molar-refractivity contribution in [3.8, 4) is 0 Å². The quantitative estimate of drug-likeness (QED) is 0.629. The fraction of sp³-hybridized carbons (Fsp3) is 0.133. The molecule has 0 atom stereocenters. The third-order valence-electron chi connectivity index (χ3n) is 3.19. The van der Waals surface area contributed by atoms with Crippen LogP contribution in [-0.2, 0) is 0 Å². The van der Waals surface area contributed by atoms with Crippen molar-refractivity contribution in [3.05, 3.63) is 59.7 Å². The minimum absolute atomic E-state index is 0.680. The average Bonchev–Trinajstić information content (AvgIpc) is 2.47. The van der Waals surface area contributed by atoms with E-state index in [0.717, 1.165) is 22.8 Å². The number of hydrogen-bond donors (Lipinski definition) is 1. The minimum atomic E-state index is 0.680. The molecule has 1 aliphatic heterocycles. The maximum atomic E-state index is 9.08. The van der Waals surface area contributed by atoms with Gasteiger partial charge in [-0.25, -0.2) is 0 Å². The highest BCUT2D eigenvalue weighted by molar-refractivity contribution is 8.14. The second-order valence-corrected chi connectivity index (χ2v) is 5.39. The first-order valence-corrected chi connectivity index (χ1v) is 7.06. The van der Waals surface area contributed by atoms with Gasteiger partial charge in [0.15, 0.2) is 0 Å². The van der Waals surface area contributed by atoms with Crippen molar-refractivity contribution in [2.75, 3.05) is 10.8 Å². The lowest BCUT2D eigenvalue weighted by atomic mass is 10.1. The SMILES string of the molecule is Cc1ccc(N2CS/C(=N/O)c3ccccc32)cc1. The normalized spacial score (nSPS) is 16.5. The fourth-order valence-electron chi connectivity index (χ4n) is 2.18. The Hall–Kier alpha value is -1.94. The van der Waals surface area contributed by atoms with Crippen LogP contribution in [0.4, 0.5) is 11.4 Å². The van der Waals surface area contributed by atoms with Crippen LogP contribution in [0.3, 0.4) is 0 Å². The summed E-state index contributed by atoms with van der Waals surface area (Å²) < 4.78 is 0. The summed E-state index contributed by atoms with van der Waals surface area (Å²) in [7, 11) is 0. The molecule has 2 aromatic rings. The summed E-state index contributed by atoms with van der Waals surface area (Å²) in [5.74, 6) is 0.749. The number of thioether (sulfide) groups is 1. The molecular formula is C15H14N2OS. The smallest absolute Gasteiger partial charge is 0.146 e. The van der Waals surface area contributed by atoms with Gasteiger partial charge >= 0.3 is 0 Å². The van der Waals surface area contributed by atoms with E-state index in [4.69, 9.17) is 5.21 Å². The lowest BCUT2D eigenvalue weighted by Gasteiger charge is -2.31. The monoisotopic (exact) mass is 270 g/mol. The van der Waals surface area contributed by atoms with Crippen LogP contribution in [0.1, 0.15) is 11.1 Å². The Morgan fingerprint density at radius 3 is 2.58 bits per heavy atom. The van der Waals surface area contributed by atoms with Gasteiger partial charge < -0.3 is 10.1 Å². The highest BCUT2D eigenvalue weighted by atomic mass is 32.2. The molecule has 2 aromatic carbocycles. The zero-order chi connectivity index (χ0) is 13.2. The predicted molar refractivity (Wildman–Crippen MR) is 80.5 cm³/mol. The van der Waals surface area contributed by atoms with Gasteiger partial charge in [0.25, 0.3) is 0 Å². The van der Waals surface area contributed by atoms with Gasteiger partial charge in [-0.3, -0.25) is 0 Å². The van der Waals surface area contributed by atoms with Crippen molar-refractivity contribution in [3.63, 3.8) is 0 Å². The molecule has 1 N–H and O–H groups in total. The van der Waals surface area contributed by atoms with Crippen LogP contribution >= 0.6 is 11.8 Å². The summed E-state index contributed by atoms with van der Waals surface area (Å²) in [6, 6.07) is 16.5. The van der Waals surface area contributed by atoms with Crippen LogP contribution < -0.4 is 4.90 Å². The minimum Gasteiger partial charge on any atom is -0.410 e. The molecule has 0 amide bonds. The maximum Gasteiger partial charge on any atom is 0.146 e. The van der Waals surface area contributed by atoms with Crippen LogP contribution in [0, 0.1) is 6.92 Å². The Morgan fingerprint density at radius 1 is 1.11 bits per heavy atom. The molecular weight excluding hydrogens is 256 g/mol. The van der Waals surface area contributed by atoms with E-state index >= 15 is 0 Å². The molecule has 0 aromatic heterocycles. The number of anilines is 2. The number of para-hydroxylation sites is 1. The molecule has 4 heteroatoms. The van der Waals surface area contributed by atoms with Gasteiger partial charge in [0.1, 0.15) is 5.04 Å². The van der Waals surface area contributed by atoms with Gasteiger partial charge in [-0.05, 0) is 25.1 Å². The molecule has 96 valence electrons. The van der Waals surface area contributed by atoms with Gasteiger partial charge in [-0.2, -0.15) is 0 Å². The number of benzene rings is 2. The average molecular weight is 270 g/mol. The Bertz CT molecular complexity index is 622. The van der Waals surface area contributed by atoms with E-state index in [1.54, 1.807) is 0 Å². The molecule has 0 saturated carbocycles. The van der Waals surface area contributed by atoms with Crippen LogP contribution in [0.2, 0.25) is 0 Å². The number of aryl methyl sites for hydroxylation is 1. The molecule has 19 heavy (non-hydrogen) atoms. The van der Waals surface area contributed by atoms with E-state index in [9.17, 15) is 0 Å². The van der Waals surface area contributed by atoms with Crippen LogP contribution in [0.25, 0.3) is 0 Å². The van der Waals surface area contributed by atoms with Crippen LogP contribution in [0.5, 0.6) is 0 Å². The highest BCUT2D eigenvalue weighted by Gasteiger charge is 2.23. The molecule has 3 nitrogen and oxygen atoms in total. The fourth-order valence-corrected chi connectivity index (χ4v) is 3.11. The first kappa shape index (κ1) is 12.1. The molecule has 0 radical (unpaired) electrons. The molecule has 0 saturated heterocycles. The molecule has 0 aliphatic carbocycles. The summed E-state index contributed by atoms with van der Waals surface area (Å²) in [5, 5.41) is 13.1. The second-order valence-electron chi connectivity index (χ2n) is 4.46. The zero-order valence-electron chi connectivity index (χ0n) is 10.6. The Morgan fingerprint density at radius 2 is 1.84 bits per heavy atom. The van der Waals surface area contributed by atoms with Crippen molar-refractivity contribution < 1.29 is 5.21 Å². The molecule has 0 unspecified atom stereocenters. The Balaban J connectivity index is 2.07. The number of oxime groups is 1. The number of nitrogens with zero attached hydrogens (tertiary/aromatic N) is 2. The third-order valence-corrected chi connectivity index (χ3v) is 4.15. The zero-order valence-corrected chi connectivity index (χ0v) is 11.4. The Kier molecular flexibility index (Phi) is 3.17. The molecule has 1 heterocycles. The van der Waals surface area contributed by atoms with Crippen LogP contribution in [0.15, 0.2) is 53.7 Å². The van der Waals surface area contributed by atoms with Crippen molar-refractivity contribution in [1.29, 1.82) is 0 Å². The van der Waals surface area contributed by atoms with Crippen molar-refractivity contribution >= 4 is 28.2 Å².